The minimum absolute atomic E-state index is 0.864. The van der Waals surface area contributed by atoms with Crippen LogP contribution >= 0.6 is 0 Å². The van der Waals surface area contributed by atoms with Crippen LogP contribution in [0.2, 0.25) is 0 Å². The highest BCUT2D eigenvalue weighted by Crippen LogP contribution is 2.24. The summed E-state index contributed by atoms with van der Waals surface area (Å²) in [5.41, 5.74) is 4.65. The third kappa shape index (κ3) is 2.72. The average Bonchev–Trinajstić information content (AvgIpc) is 2.71. The number of aryl methyl sites for hydroxylation is 2. The standard InChI is InChI=1S/C15H22N4/c1-6-16-15-17-12(3)10-19(15)13-8-7-11(2)14(9-13)18(4)5/h7-10H,6H2,1-5H3,(H,16,17). The number of rotatable bonds is 4. The molecule has 4 heteroatoms. The smallest absolute Gasteiger partial charge is 0.207 e. The number of benzene rings is 1. The minimum Gasteiger partial charge on any atom is -0.377 e. The lowest BCUT2D eigenvalue weighted by molar-refractivity contribution is 1.01. The molecular formula is C15H22N4. The molecule has 0 fully saturated rings. The maximum atomic E-state index is 4.51. The number of nitrogens with zero attached hydrogens (tertiary/aromatic N) is 3. The van der Waals surface area contributed by atoms with E-state index in [1.165, 1.54) is 11.3 Å². The number of aromatic nitrogens is 2. The van der Waals surface area contributed by atoms with Crippen LogP contribution in [0.4, 0.5) is 11.6 Å². The Bertz CT molecular complexity index is 570. The second-order valence-corrected chi connectivity index (χ2v) is 4.97. The molecule has 19 heavy (non-hydrogen) atoms. The third-order valence-electron chi connectivity index (χ3n) is 3.11. The minimum atomic E-state index is 0.864. The molecule has 2 rings (SSSR count). The molecule has 0 radical (unpaired) electrons. The predicted octanol–water partition coefficient (Wildman–Crippen LogP) is 2.99. The largest absolute Gasteiger partial charge is 0.377 e. The van der Waals surface area contributed by atoms with Gasteiger partial charge in [0.1, 0.15) is 0 Å². The van der Waals surface area contributed by atoms with Crippen molar-refractivity contribution in [1.29, 1.82) is 0 Å². The third-order valence-corrected chi connectivity index (χ3v) is 3.11. The summed E-state index contributed by atoms with van der Waals surface area (Å²) in [6.07, 6.45) is 2.06. The second-order valence-electron chi connectivity index (χ2n) is 4.97. The van der Waals surface area contributed by atoms with Crippen molar-refractivity contribution in [2.24, 2.45) is 0 Å². The van der Waals surface area contributed by atoms with Crippen molar-refractivity contribution in [3.05, 3.63) is 35.7 Å². The van der Waals surface area contributed by atoms with E-state index in [1.54, 1.807) is 0 Å². The van der Waals surface area contributed by atoms with Crippen LogP contribution in [0.3, 0.4) is 0 Å². The fraction of sp³-hybridized carbons (Fsp3) is 0.400. The molecule has 1 N–H and O–H groups in total. The Hall–Kier alpha value is -1.97. The zero-order valence-electron chi connectivity index (χ0n) is 12.4. The summed E-state index contributed by atoms with van der Waals surface area (Å²) in [6, 6.07) is 6.47. The van der Waals surface area contributed by atoms with Crippen LogP contribution in [0.1, 0.15) is 18.2 Å². The van der Waals surface area contributed by atoms with Crippen LogP contribution < -0.4 is 10.2 Å². The second kappa shape index (κ2) is 5.34. The van der Waals surface area contributed by atoms with Crippen molar-refractivity contribution in [2.45, 2.75) is 20.8 Å². The monoisotopic (exact) mass is 258 g/mol. The Labute approximate surface area is 115 Å². The van der Waals surface area contributed by atoms with Crippen LogP contribution in [0.25, 0.3) is 5.69 Å². The van der Waals surface area contributed by atoms with Crippen molar-refractivity contribution >= 4 is 11.6 Å². The van der Waals surface area contributed by atoms with E-state index < -0.39 is 0 Å². The van der Waals surface area contributed by atoms with E-state index >= 15 is 0 Å². The molecule has 0 aliphatic rings. The van der Waals surface area contributed by atoms with E-state index in [4.69, 9.17) is 0 Å². The maximum absolute atomic E-state index is 4.51. The molecule has 2 aromatic rings. The first kappa shape index (κ1) is 13.5. The average molecular weight is 258 g/mol. The molecule has 0 aliphatic heterocycles. The molecule has 0 atom stereocenters. The summed E-state index contributed by atoms with van der Waals surface area (Å²) in [6.45, 7) is 7.08. The van der Waals surface area contributed by atoms with Crippen molar-refractivity contribution in [3.8, 4) is 5.69 Å². The highest BCUT2D eigenvalue weighted by molar-refractivity contribution is 5.59. The maximum Gasteiger partial charge on any atom is 0.207 e. The first-order valence-electron chi connectivity index (χ1n) is 6.61. The summed E-state index contributed by atoms with van der Waals surface area (Å²) in [5.74, 6) is 0.897. The first-order valence-corrected chi connectivity index (χ1v) is 6.61. The number of nitrogens with one attached hydrogen (secondary N) is 1. The van der Waals surface area contributed by atoms with Crippen LogP contribution in [0, 0.1) is 13.8 Å². The van der Waals surface area contributed by atoms with Crippen LogP contribution in [-0.4, -0.2) is 30.2 Å². The molecule has 0 spiro atoms. The van der Waals surface area contributed by atoms with Gasteiger partial charge in [-0.1, -0.05) is 6.07 Å². The normalized spacial score (nSPS) is 10.6. The molecule has 102 valence electrons. The Morgan fingerprint density at radius 3 is 2.63 bits per heavy atom. The van der Waals surface area contributed by atoms with Gasteiger partial charge in [0.2, 0.25) is 5.95 Å². The summed E-state index contributed by atoms with van der Waals surface area (Å²) in [4.78, 5) is 6.65. The van der Waals surface area contributed by atoms with E-state index in [0.717, 1.165) is 23.9 Å². The van der Waals surface area contributed by atoms with Gasteiger partial charge >= 0.3 is 0 Å². The van der Waals surface area contributed by atoms with E-state index in [9.17, 15) is 0 Å². The molecule has 0 saturated carbocycles. The molecule has 0 bridgehead atoms. The van der Waals surface area contributed by atoms with Gasteiger partial charge in [-0.2, -0.15) is 0 Å². The molecule has 1 aromatic carbocycles. The highest BCUT2D eigenvalue weighted by atomic mass is 15.2. The number of hydrogen-bond acceptors (Lipinski definition) is 3. The molecule has 1 aromatic heterocycles. The molecule has 0 aliphatic carbocycles. The summed E-state index contributed by atoms with van der Waals surface area (Å²) in [7, 11) is 4.13. The molecule has 0 saturated heterocycles. The lowest BCUT2D eigenvalue weighted by atomic mass is 10.1. The van der Waals surface area contributed by atoms with Crippen molar-refractivity contribution in [3.63, 3.8) is 0 Å². The molecule has 4 nitrogen and oxygen atoms in total. The van der Waals surface area contributed by atoms with E-state index in [1.807, 2.05) is 6.92 Å². The van der Waals surface area contributed by atoms with Crippen LogP contribution in [-0.2, 0) is 0 Å². The van der Waals surface area contributed by atoms with Gasteiger partial charge in [0, 0.05) is 32.5 Å². The van der Waals surface area contributed by atoms with Gasteiger partial charge in [0.15, 0.2) is 0 Å². The van der Waals surface area contributed by atoms with Crippen molar-refractivity contribution in [2.75, 3.05) is 30.9 Å². The predicted molar refractivity (Wildman–Crippen MR) is 81.5 cm³/mol. The van der Waals surface area contributed by atoms with Gasteiger partial charge in [0.05, 0.1) is 11.4 Å². The fourth-order valence-corrected chi connectivity index (χ4v) is 2.21. The number of anilines is 2. The Kier molecular flexibility index (Phi) is 3.79. The Morgan fingerprint density at radius 1 is 1.26 bits per heavy atom. The Balaban J connectivity index is 2.49. The summed E-state index contributed by atoms with van der Waals surface area (Å²) < 4.78 is 2.10. The summed E-state index contributed by atoms with van der Waals surface area (Å²) in [5, 5.41) is 3.30. The van der Waals surface area contributed by atoms with Gasteiger partial charge in [-0.05, 0) is 38.5 Å². The lowest BCUT2D eigenvalue weighted by Gasteiger charge is -2.18. The van der Waals surface area contributed by atoms with Gasteiger partial charge in [-0.25, -0.2) is 4.98 Å². The van der Waals surface area contributed by atoms with Gasteiger partial charge in [-0.3, -0.25) is 4.57 Å². The van der Waals surface area contributed by atoms with Crippen molar-refractivity contribution in [1.82, 2.24) is 9.55 Å². The topological polar surface area (TPSA) is 33.1 Å². The SMILES string of the molecule is CCNc1nc(C)cn1-c1ccc(C)c(N(C)C)c1. The molecular weight excluding hydrogens is 236 g/mol. The van der Waals surface area contributed by atoms with E-state index in [0.29, 0.717) is 0 Å². The van der Waals surface area contributed by atoms with Gasteiger partial charge < -0.3 is 10.2 Å². The van der Waals surface area contributed by atoms with Gasteiger partial charge in [0.25, 0.3) is 0 Å². The fourth-order valence-electron chi connectivity index (χ4n) is 2.21. The Morgan fingerprint density at radius 2 is 2.00 bits per heavy atom. The lowest BCUT2D eigenvalue weighted by Crippen LogP contribution is -2.11. The first-order chi connectivity index (χ1) is 9.02. The quantitative estimate of drug-likeness (QED) is 0.915. The highest BCUT2D eigenvalue weighted by Gasteiger charge is 2.09. The van der Waals surface area contributed by atoms with E-state index in [-0.39, 0.29) is 0 Å². The molecule has 0 amide bonds. The van der Waals surface area contributed by atoms with Crippen LogP contribution in [0.5, 0.6) is 0 Å². The van der Waals surface area contributed by atoms with Gasteiger partial charge in [-0.15, -0.1) is 0 Å². The number of imidazole rings is 1. The van der Waals surface area contributed by atoms with E-state index in [2.05, 4.69) is 72.1 Å². The molecule has 0 unspecified atom stereocenters. The van der Waals surface area contributed by atoms with Crippen molar-refractivity contribution < 1.29 is 0 Å². The number of hydrogen-bond donors (Lipinski definition) is 1. The zero-order chi connectivity index (χ0) is 14.0. The molecule has 1 heterocycles. The zero-order valence-corrected chi connectivity index (χ0v) is 12.4. The summed E-state index contributed by atoms with van der Waals surface area (Å²) >= 11 is 0. The van der Waals surface area contributed by atoms with Crippen LogP contribution in [0.15, 0.2) is 24.4 Å².